The number of nitrogens with two attached hydrogens (primary N) is 2. The first-order valence-corrected chi connectivity index (χ1v) is 9.33. The molecule has 1 aliphatic heterocycles. The summed E-state index contributed by atoms with van der Waals surface area (Å²) in [5.41, 5.74) is 10.5. The number of hydrogen-bond donors (Lipinski definition) is 6. The SMILES string of the molecule is CC(N)C(=O)N1CCCC1C(=O)NC(CCC(=O)O)C(=O)NC(CC(N)=O)C(=O)O. The van der Waals surface area contributed by atoms with E-state index in [1.807, 2.05) is 0 Å². The highest BCUT2D eigenvalue weighted by Crippen LogP contribution is 2.18. The molecule has 1 rings (SSSR count). The summed E-state index contributed by atoms with van der Waals surface area (Å²) in [7, 11) is 0. The molecule has 4 amide bonds. The molecule has 1 aliphatic rings. The molecule has 0 aliphatic carbocycles. The zero-order valence-electron chi connectivity index (χ0n) is 16.5. The Labute approximate surface area is 172 Å². The number of likely N-dealkylation sites (tertiary alicyclic amines) is 1. The maximum atomic E-state index is 12.7. The van der Waals surface area contributed by atoms with E-state index in [-0.39, 0.29) is 6.42 Å². The van der Waals surface area contributed by atoms with Crippen LogP contribution in [0.25, 0.3) is 0 Å². The molecule has 0 radical (unpaired) electrons. The third-order valence-corrected chi connectivity index (χ3v) is 4.53. The topological polar surface area (TPSA) is 222 Å². The van der Waals surface area contributed by atoms with Gasteiger partial charge in [-0.1, -0.05) is 0 Å². The number of rotatable bonds is 11. The van der Waals surface area contributed by atoms with E-state index in [9.17, 15) is 28.8 Å². The zero-order valence-corrected chi connectivity index (χ0v) is 16.5. The Bertz CT molecular complexity index is 710. The van der Waals surface area contributed by atoms with Crippen molar-refractivity contribution in [2.45, 2.75) is 63.2 Å². The average molecular weight is 429 g/mol. The first kappa shape index (κ1) is 24.8. The van der Waals surface area contributed by atoms with Gasteiger partial charge in [0, 0.05) is 13.0 Å². The Hall–Kier alpha value is -3.22. The lowest BCUT2D eigenvalue weighted by Gasteiger charge is -2.27. The van der Waals surface area contributed by atoms with Crippen LogP contribution in [0, 0.1) is 0 Å². The summed E-state index contributed by atoms with van der Waals surface area (Å²) in [5.74, 6) is -5.83. The fourth-order valence-corrected chi connectivity index (χ4v) is 3.04. The molecule has 8 N–H and O–H groups in total. The van der Waals surface area contributed by atoms with E-state index in [1.165, 1.54) is 11.8 Å². The van der Waals surface area contributed by atoms with Crippen LogP contribution in [-0.2, 0) is 28.8 Å². The highest BCUT2D eigenvalue weighted by molar-refractivity contribution is 5.95. The van der Waals surface area contributed by atoms with Crippen LogP contribution in [0.4, 0.5) is 0 Å². The molecule has 1 heterocycles. The normalized spacial score (nSPS) is 18.7. The molecule has 0 aromatic rings. The summed E-state index contributed by atoms with van der Waals surface area (Å²) in [6.07, 6.45) is -0.623. The fraction of sp³-hybridized carbons (Fsp3) is 0.647. The summed E-state index contributed by atoms with van der Waals surface area (Å²) in [5, 5.41) is 22.5. The van der Waals surface area contributed by atoms with Crippen LogP contribution in [0.2, 0.25) is 0 Å². The van der Waals surface area contributed by atoms with Crippen molar-refractivity contribution in [3.05, 3.63) is 0 Å². The number of hydrogen-bond acceptors (Lipinski definition) is 7. The van der Waals surface area contributed by atoms with Gasteiger partial charge < -0.3 is 37.2 Å². The van der Waals surface area contributed by atoms with Gasteiger partial charge in [-0.2, -0.15) is 0 Å². The molecule has 0 spiro atoms. The van der Waals surface area contributed by atoms with Gasteiger partial charge in [0.2, 0.25) is 23.6 Å². The lowest BCUT2D eigenvalue weighted by atomic mass is 10.1. The number of carboxylic acids is 2. The van der Waals surface area contributed by atoms with Crippen molar-refractivity contribution in [1.82, 2.24) is 15.5 Å². The lowest BCUT2D eigenvalue weighted by Crippen LogP contribution is -2.56. The third kappa shape index (κ3) is 7.31. The van der Waals surface area contributed by atoms with E-state index in [1.54, 1.807) is 0 Å². The summed E-state index contributed by atoms with van der Waals surface area (Å²) in [6.45, 7) is 1.79. The monoisotopic (exact) mass is 429 g/mol. The lowest BCUT2D eigenvalue weighted by molar-refractivity contribution is -0.144. The number of carboxylic acid groups (broad SMARTS) is 2. The van der Waals surface area contributed by atoms with Gasteiger partial charge in [-0.15, -0.1) is 0 Å². The van der Waals surface area contributed by atoms with Crippen LogP contribution in [0.3, 0.4) is 0 Å². The summed E-state index contributed by atoms with van der Waals surface area (Å²) < 4.78 is 0. The van der Waals surface area contributed by atoms with E-state index < -0.39 is 72.6 Å². The molecule has 4 atom stereocenters. The second-order valence-electron chi connectivity index (χ2n) is 7.04. The molecular weight excluding hydrogens is 402 g/mol. The van der Waals surface area contributed by atoms with E-state index in [0.717, 1.165) is 0 Å². The van der Waals surface area contributed by atoms with Crippen molar-refractivity contribution in [2.75, 3.05) is 6.54 Å². The highest BCUT2D eigenvalue weighted by Gasteiger charge is 2.37. The minimum absolute atomic E-state index is 0.310. The van der Waals surface area contributed by atoms with Crippen LogP contribution < -0.4 is 22.1 Å². The van der Waals surface area contributed by atoms with Crippen LogP contribution in [0.1, 0.15) is 39.0 Å². The third-order valence-electron chi connectivity index (χ3n) is 4.53. The minimum Gasteiger partial charge on any atom is -0.481 e. The number of amides is 4. The van der Waals surface area contributed by atoms with Gasteiger partial charge in [0.05, 0.1) is 12.5 Å². The maximum absolute atomic E-state index is 12.7. The summed E-state index contributed by atoms with van der Waals surface area (Å²) >= 11 is 0. The predicted molar refractivity (Wildman–Crippen MR) is 101 cm³/mol. The van der Waals surface area contributed by atoms with Gasteiger partial charge >= 0.3 is 11.9 Å². The molecule has 1 saturated heterocycles. The first-order valence-electron chi connectivity index (χ1n) is 9.33. The number of primary amides is 1. The second kappa shape index (κ2) is 11.1. The molecule has 168 valence electrons. The van der Waals surface area contributed by atoms with Crippen molar-refractivity contribution in [2.24, 2.45) is 11.5 Å². The standard InChI is InChI=1S/C17H27N5O8/c1-8(18)16(28)22-6-2-3-11(22)15(27)20-9(4-5-13(24)25)14(26)21-10(17(29)30)7-12(19)23/h8-11H,2-7,18H2,1H3,(H2,19,23)(H,20,27)(H,21,26)(H,24,25)(H,29,30). The Morgan fingerprint density at radius 3 is 2.23 bits per heavy atom. The molecule has 13 nitrogen and oxygen atoms in total. The largest absolute Gasteiger partial charge is 0.481 e. The Kier molecular flexibility index (Phi) is 9.17. The van der Waals surface area contributed by atoms with Gasteiger partial charge in [0.25, 0.3) is 0 Å². The van der Waals surface area contributed by atoms with Crippen LogP contribution in [-0.4, -0.2) is 81.4 Å². The minimum atomic E-state index is -1.64. The number of carbonyl (C=O) groups is 6. The predicted octanol–water partition coefficient (Wildman–Crippen LogP) is -2.88. The van der Waals surface area contributed by atoms with Crippen molar-refractivity contribution in [3.63, 3.8) is 0 Å². The number of nitrogens with one attached hydrogen (secondary N) is 2. The molecule has 4 unspecified atom stereocenters. The van der Waals surface area contributed by atoms with Crippen molar-refractivity contribution in [3.8, 4) is 0 Å². The zero-order chi connectivity index (χ0) is 23.0. The Balaban J connectivity index is 2.93. The summed E-state index contributed by atoms with van der Waals surface area (Å²) in [4.78, 5) is 71.7. The molecule has 0 aromatic heterocycles. The quantitative estimate of drug-likeness (QED) is 0.198. The van der Waals surface area contributed by atoms with E-state index in [2.05, 4.69) is 10.6 Å². The Morgan fingerprint density at radius 2 is 1.73 bits per heavy atom. The van der Waals surface area contributed by atoms with Gasteiger partial charge in [0.1, 0.15) is 18.1 Å². The first-order chi connectivity index (χ1) is 13.9. The Morgan fingerprint density at radius 1 is 1.10 bits per heavy atom. The molecular formula is C17H27N5O8. The van der Waals surface area contributed by atoms with Crippen molar-refractivity contribution >= 4 is 35.6 Å². The smallest absolute Gasteiger partial charge is 0.326 e. The van der Waals surface area contributed by atoms with Crippen LogP contribution >= 0.6 is 0 Å². The fourth-order valence-electron chi connectivity index (χ4n) is 3.04. The van der Waals surface area contributed by atoms with Gasteiger partial charge in [-0.25, -0.2) is 4.79 Å². The highest BCUT2D eigenvalue weighted by atomic mass is 16.4. The molecule has 0 saturated carbocycles. The summed E-state index contributed by atoms with van der Waals surface area (Å²) in [6, 6.07) is -4.74. The number of aliphatic carboxylic acids is 2. The van der Waals surface area contributed by atoms with E-state index in [0.29, 0.717) is 19.4 Å². The second-order valence-corrected chi connectivity index (χ2v) is 7.04. The van der Waals surface area contributed by atoms with Crippen LogP contribution in [0.5, 0.6) is 0 Å². The molecule has 1 fully saturated rings. The van der Waals surface area contributed by atoms with Crippen molar-refractivity contribution in [1.29, 1.82) is 0 Å². The number of carbonyl (C=O) groups excluding carboxylic acids is 4. The molecule has 30 heavy (non-hydrogen) atoms. The molecule has 13 heteroatoms. The van der Waals surface area contributed by atoms with E-state index in [4.69, 9.17) is 21.7 Å². The molecule has 0 bridgehead atoms. The maximum Gasteiger partial charge on any atom is 0.326 e. The number of nitrogens with zero attached hydrogens (tertiary/aromatic N) is 1. The van der Waals surface area contributed by atoms with Gasteiger partial charge in [-0.05, 0) is 26.2 Å². The average Bonchev–Trinajstić information content (AvgIpc) is 3.12. The van der Waals surface area contributed by atoms with Gasteiger partial charge in [-0.3, -0.25) is 24.0 Å². The van der Waals surface area contributed by atoms with Crippen LogP contribution in [0.15, 0.2) is 0 Å². The van der Waals surface area contributed by atoms with Crippen molar-refractivity contribution < 1.29 is 39.0 Å². The van der Waals surface area contributed by atoms with E-state index >= 15 is 0 Å². The molecule has 0 aromatic carbocycles. The van der Waals surface area contributed by atoms with Gasteiger partial charge in [0.15, 0.2) is 0 Å².